The van der Waals surface area contributed by atoms with Gasteiger partial charge in [0.05, 0.1) is 11.0 Å². The molecule has 0 bridgehead atoms. The van der Waals surface area contributed by atoms with Crippen LogP contribution in [0.1, 0.15) is 18.3 Å². The van der Waals surface area contributed by atoms with Gasteiger partial charge in [0.1, 0.15) is 5.82 Å². The van der Waals surface area contributed by atoms with E-state index in [9.17, 15) is 0 Å². The van der Waals surface area contributed by atoms with Crippen LogP contribution in [0.15, 0.2) is 42.5 Å². The van der Waals surface area contributed by atoms with Gasteiger partial charge in [-0.3, -0.25) is 0 Å². The van der Waals surface area contributed by atoms with E-state index < -0.39 is 0 Å². The molecule has 114 valence electrons. The minimum atomic E-state index is 0.290. The van der Waals surface area contributed by atoms with E-state index in [0.29, 0.717) is 16.1 Å². The molecule has 0 saturated heterocycles. The van der Waals surface area contributed by atoms with Gasteiger partial charge in [-0.25, -0.2) is 4.98 Å². The highest BCUT2D eigenvalue weighted by molar-refractivity contribution is 6.34. The summed E-state index contributed by atoms with van der Waals surface area (Å²) in [5.74, 6) is 0.991. The monoisotopic (exact) mass is 333 g/mol. The first kappa shape index (κ1) is 15.3. The maximum atomic E-state index is 6.01. The molecule has 1 aromatic heterocycles. The Balaban J connectivity index is 1.61. The lowest BCUT2D eigenvalue weighted by atomic mass is 10.2. The SMILES string of the molecule is CC(Cc1nc2ccccc2[nH]1)NCc1cc(Cl)cc(Cl)c1. The molecule has 3 rings (SSSR count). The predicted octanol–water partition coefficient (Wildman–Crippen LogP) is 4.59. The maximum absolute atomic E-state index is 6.01. The highest BCUT2D eigenvalue weighted by atomic mass is 35.5. The van der Waals surface area contributed by atoms with E-state index in [2.05, 4.69) is 22.2 Å². The third-order valence-corrected chi connectivity index (χ3v) is 3.95. The number of imidazole rings is 1. The standard InChI is InChI=1S/C17H17Cl2N3/c1-11(20-10-12-7-13(18)9-14(19)8-12)6-17-21-15-4-2-3-5-16(15)22-17/h2-5,7-9,11,20H,6,10H2,1H3,(H,21,22). The second kappa shape index (κ2) is 6.69. The molecule has 3 aromatic rings. The van der Waals surface area contributed by atoms with Crippen LogP contribution in [-0.4, -0.2) is 16.0 Å². The number of fused-ring (bicyclic) bond motifs is 1. The van der Waals surface area contributed by atoms with Crippen molar-refractivity contribution in [2.24, 2.45) is 0 Å². The van der Waals surface area contributed by atoms with Gasteiger partial charge in [-0.15, -0.1) is 0 Å². The van der Waals surface area contributed by atoms with E-state index in [1.807, 2.05) is 36.4 Å². The number of nitrogens with one attached hydrogen (secondary N) is 2. The summed E-state index contributed by atoms with van der Waals surface area (Å²) in [6, 6.07) is 13.9. The number of aromatic nitrogens is 2. The lowest BCUT2D eigenvalue weighted by Crippen LogP contribution is -2.28. The quantitative estimate of drug-likeness (QED) is 0.716. The molecular formula is C17H17Cl2N3. The topological polar surface area (TPSA) is 40.7 Å². The smallest absolute Gasteiger partial charge is 0.108 e. The third-order valence-electron chi connectivity index (χ3n) is 3.51. The zero-order valence-corrected chi connectivity index (χ0v) is 13.7. The number of H-pyrrole nitrogens is 1. The lowest BCUT2D eigenvalue weighted by Gasteiger charge is -2.13. The van der Waals surface area contributed by atoms with Crippen molar-refractivity contribution in [2.45, 2.75) is 25.9 Å². The fraction of sp³-hybridized carbons (Fsp3) is 0.235. The molecule has 0 radical (unpaired) electrons. The summed E-state index contributed by atoms with van der Waals surface area (Å²) < 4.78 is 0. The minimum Gasteiger partial charge on any atom is -0.342 e. The molecule has 0 saturated carbocycles. The van der Waals surface area contributed by atoms with Crippen molar-refractivity contribution in [1.82, 2.24) is 15.3 Å². The zero-order valence-electron chi connectivity index (χ0n) is 12.2. The number of para-hydroxylation sites is 2. The summed E-state index contributed by atoms with van der Waals surface area (Å²) in [5, 5.41) is 4.79. The van der Waals surface area contributed by atoms with Gasteiger partial charge in [0.15, 0.2) is 0 Å². The summed E-state index contributed by atoms with van der Waals surface area (Å²) >= 11 is 12.0. The largest absolute Gasteiger partial charge is 0.342 e. The van der Waals surface area contributed by atoms with Gasteiger partial charge in [-0.1, -0.05) is 35.3 Å². The Morgan fingerprint density at radius 1 is 1.14 bits per heavy atom. The molecular weight excluding hydrogens is 317 g/mol. The highest BCUT2D eigenvalue weighted by Gasteiger charge is 2.08. The minimum absolute atomic E-state index is 0.290. The second-order valence-corrected chi connectivity index (χ2v) is 6.34. The Morgan fingerprint density at radius 3 is 2.59 bits per heavy atom. The number of nitrogens with zero attached hydrogens (tertiary/aromatic N) is 1. The van der Waals surface area contributed by atoms with Crippen molar-refractivity contribution in [1.29, 1.82) is 0 Å². The van der Waals surface area contributed by atoms with Crippen LogP contribution in [0, 0.1) is 0 Å². The second-order valence-electron chi connectivity index (χ2n) is 5.46. The summed E-state index contributed by atoms with van der Waals surface area (Å²) in [5.41, 5.74) is 3.16. The van der Waals surface area contributed by atoms with Crippen molar-refractivity contribution < 1.29 is 0 Å². The number of benzene rings is 2. The first-order valence-electron chi connectivity index (χ1n) is 7.22. The molecule has 3 nitrogen and oxygen atoms in total. The van der Waals surface area contributed by atoms with E-state index in [1.54, 1.807) is 6.07 Å². The van der Waals surface area contributed by atoms with E-state index in [-0.39, 0.29) is 0 Å². The van der Waals surface area contributed by atoms with Crippen molar-refractivity contribution in [3.8, 4) is 0 Å². The molecule has 0 fully saturated rings. The molecule has 5 heteroatoms. The van der Waals surface area contributed by atoms with Gasteiger partial charge in [0.2, 0.25) is 0 Å². The Morgan fingerprint density at radius 2 is 1.86 bits per heavy atom. The highest BCUT2D eigenvalue weighted by Crippen LogP contribution is 2.19. The molecule has 1 unspecified atom stereocenters. The van der Waals surface area contributed by atoms with Crippen LogP contribution >= 0.6 is 23.2 Å². The van der Waals surface area contributed by atoms with Crippen molar-refractivity contribution in [2.75, 3.05) is 0 Å². The van der Waals surface area contributed by atoms with Crippen molar-refractivity contribution in [3.63, 3.8) is 0 Å². The Bertz CT molecular complexity index is 729. The van der Waals surface area contributed by atoms with Gasteiger partial charge in [-0.2, -0.15) is 0 Å². The molecule has 0 aliphatic rings. The van der Waals surface area contributed by atoms with Gasteiger partial charge in [0, 0.05) is 29.1 Å². The molecule has 0 aliphatic carbocycles. The number of halogens is 2. The van der Waals surface area contributed by atoms with Crippen molar-refractivity contribution in [3.05, 3.63) is 63.9 Å². The molecule has 1 atom stereocenters. The predicted molar refractivity (Wildman–Crippen MR) is 92.6 cm³/mol. The molecule has 1 heterocycles. The normalized spacial score (nSPS) is 12.7. The maximum Gasteiger partial charge on any atom is 0.108 e. The number of aromatic amines is 1. The van der Waals surface area contributed by atoms with Gasteiger partial charge in [-0.05, 0) is 42.8 Å². The van der Waals surface area contributed by atoms with Crippen LogP contribution in [0.3, 0.4) is 0 Å². The Hall–Kier alpha value is -1.55. The van der Waals surface area contributed by atoms with Crippen LogP contribution in [0.25, 0.3) is 11.0 Å². The lowest BCUT2D eigenvalue weighted by molar-refractivity contribution is 0.536. The van der Waals surface area contributed by atoms with E-state index in [0.717, 1.165) is 35.4 Å². The van der Waals surface area contributed by atoms with Crippen LogP contribution in [0.4, 0.5) is 0 Å². The van der Waals surface area contributed by atoms with Gasteiger partial charge < -0.3 is 10.3 Å². The van der Waals surface area contributed by atoms with Crippen LogP contribution < -0.4 is 5.32 Å². The Kier molecular flexibility index (Phi) is 4.67. The van der Waals surface area contributed by atoms with Crippen LogP contribution in [0.2, 0.25) is 10.0 Å². The molecule has 2 aromatic carbocycles. The van der Waals surface area contributed by atoms with E-state index >= 15 is 0 Å². The Labute approximate surface area is 139 Å². The molecule has 22 heavy (non-hydrogen) atoms. The number of rotatable bonds is 5. The number of hydrogen-bond donors (Lipinski definition) is 2. The number of hydrogen-bond acceptors (Lipinski definition) is 2. The summed E-state index contributed by atoms with van der Waals surface area (Å²) in [4.78, 5) is 7.95. The first-order chi connectivity index (χ1) is 10.6. The molecule has 0 aliphatic heterocycles. The van der Waals surface area contributed by atoms with Gasteiger partial charge >= 0.3 is 0 Å². The van der Waals surface area contributed by atoms with Crippen LogP contribution in [0.5, 0.6) is 0 Å². The fourth-order valence-electron chi connectivity index (χ4n) is 2.47. The summed E-state index contributed by atoms with van der Waals surface area (Å²) in [6.07, 6.45) is 0.836. The molecule has 0 amide bonds. The van der Waals surface area contributed by atoms with Crippen LogP contribution in [-0.2, 0) is 13.0 Å². The summed E-state index contributed by atoms with van der Waals surface area (Å²) in [6.45, 7) is 2.86. The van der Waals surface area contributed by atoms with Gasteiger partial charge in [0.25, 0.3) is 0 Å². The van der Waals surface area contributed by atoms with E-state index in [4.69, 9.17) is 23.2 Å². The third kappa shape index (κ3) is 3.80. The summed E-state index contributed by atoms with van der Waals surface area (Å²) in [7, 11) is 0. The van der Waals surface area contributed by atoms with E-state index in [1.165, 1.54) is 0 Å². The zero-order chi connectivity index (χ0) is 15.5. The first-order valence-corrected chi connectivity index (χ1v) is 7.98. The average Bonchev–Trinajstić information content (AvgIpc) is 2.86. The van der Waals surface area contributed by atoms with Crippen molar-refractivity contribution >= 4 is 34.2 Å². The molecule has 0 spiro atoms. The molecule has 2 N–H and O–H groups in total. The average molecular weight is 334 g/mol. The fourth-order valence-corrected chi connectivity index (χ4v) is 3.04.